The van der Waals surface area contributed by atoms with Crippen LogP contribution in [0.3, 0.4) is 0 Å². The number of benzene rings is 2. The monoisotopic (exact) mass is 363 g/mol. The molecule has 3 aromatic rings. The summed E-state index contributed by atoms with van der Waals surface area (Å²) < 4.78 is 47.3. The van der Waals surface area contributed by atoms with Gasteiger partial charge in [-0.05, 0) is 12.1 Å². The van der Waals surface area contributed by atoms with Gasteiger partial charge in [0.1, 0.15) is 0 Å². The Balaban J connectivity index is 2.18. The normalized spacial score (nSPS) is 19.4. The highest BCUT2D eigenvalue weighted by atomic mass is 32.2. The summed E-state index contributed by atoms with van der Waals surface area (Å²) in [6, 6.07) is 12.8. The smallest absolute Gasteiger partial charge is 0.426 e. The van der Waals surface area contributed by atoms with Crippen molar-refractivity contribution in [2.75, 3.05) is 7.11 Å². The van der Waals surface area contributed by atoms with Crippen molar-refractivity contribution in [1.29, 1.82) is 0 Å². The summed E-state index contributed by atoms with van der Waals surface area (Å²) in [7, 11) is 1.25. The fourth-order valence-electron chi connectivity index (χ4n) is 3.13. The lowest BCUT2D eigenvalue weighted by atomic mass is 9.84. The highest BCUT2D eigenvalue weighted by Gasteiger charge is 2.61. The first-order chi connectivity index (χ1) is 11.9. The fraction of sp³-hybridized carbons (Fsp3) is 0.167. The summed E-state index contributed by atoms with van der Waals surface area (Å²) in [6.45, 7) is 0. The zero-order chi connectivity index (χ0) is 17.8. The first-order valence-corrected chi connectivity index (χ1v) is 8.23. The summed E-state index contributed by atoms with van der Waals surface area (Å²) in [5.41, 5.74) is -3.25. The third kappa shape index (κ3) is 2.15. The average molecular weight is 363 g/mol. The molecule has 2 aromatic carbocycles. The van der Waals surface area contributed by atoms with Crippen LogP contribution < -0.4 is 4.74 Å². The minimum atomic E-state index is -4.93. The van der Waals surface area contributed by atoms with Crippen LogP contribution in [0.15, 0.2) is 58.3 Å². The molecule has 0 aliphatic carbocycles. The number of para-hydroxylation sites is 1. The van der Waals surface area contributed by atoms with Gasteiger partial charge in [0.25, 0.3) is 0 Å². The second-order valence-electron chi connectivity index (χ2n) is 5.65. The van der Waals surface area contributed by atoms with E-state index in [4.69, 9.17) is 4.74 Å². The molecule has 0 saturated heterocycles. The minimum Gasteiger partial charge on any atom is -0.481 e. The summed E-state index contributed by atoms with van der Waals surface area (Å²) in [5.74, 6) is -0.226. The number of hydrogen-bond donors (Lipinski definition) is 1. The molecule has 0 saturated carbocycles. The Morgan fingerprint density at radius 2 is 1.76 bits per heavy atom. The van der Waals surface area contributed by atoms with Crippen molar-refractivity contribution in [3.63, 3.8) is 0 Å². The van der Waals surface area contributed by atoms with Crippen LogP contribution in [-0.4, -0.2) is 23.4 Å². The number of aliphatic hydroxyl groups is 1. The van der Waals surface area contributed by atoms with E-state index in [0.717, 1.165) is 0 Å². The van der Waals surface area contributed by atoms with Crippen molar-refractivity contribution in [1.82, 2.24) is 4.98 Å². The maximum atomic E-state index is 14.1. The van der Waals surface area contributed by atoms with Gasteiger partial charge in [-0.3, -0.25) is 0 Å². The lowest BCUT2D eigenvalue weighted by Crippen LogP contribution is -2.45. The molecule has 1 unspecified atom stereocenters. The molecule has 1 aromatic heterocycles. The Labute approximate surface area is 145 Å². The molecule has 1 aliphatic rings. The third-order valence-corrected chi connectivity index (χ3v) is 5.47. The number of halogens is 3. The number of ether oxygens (including phenoxy) is 1. The van der Waals surface area contributed by atoms with Crippen LogP contribution in [0.5, 0.6) is 5.88 Å². The van der Waals surface area contributed by atoms with Gasteiger partial charge in [-0.15, -0.1) is 0 Å². The topological polar surface area (TPSA) is 42.4 Å². The average Bonchev–Trinajstić information content (AvgIpc) is 2.60. The van der Waals surface area contributed by atoms with Crippen LogP contribution in [0.1, 0.15) is 11.1 Å². The third-order valence-electron chi connectivity index (χ3n) is 4.27. The lowest BCUT2D eigenvalue weighted by molar-refractivity contribution is -0.250. The van der Waals surface area contributed by atoms with E-state index in [1.807, 2.05) is 0 Å². The van der Waals surface area contributed by atoms with Crippen molar-refractivity contribution >= 4 is 22.7 Å². The quantitative estimate of drug-likeness (QED) is 0.691. The SMILES string of the molecule is COc1nc2ccccc2c2c1C(O)(C(F)(F)F)c1ccccc1S2. The second-order valence-corrected chi connectivity index (χ2v) is 6.70. The van der Waals surface area contributed by atoms with Crippen molar-refractivity contribution in [2.45, 2.75) is 21.6 Å². The Hall–Kier alpha value is -2.25. The fourth-order valence-corrected chi connectivity index (χ4v) is 4.44. The molecule has 128 valence electrons. The Morgan fingerprint density at radius 3 is 2.48 bits per heavy atom. The van der Waals surface area contributed by atoms with E-state index in [1.165, 1.54) is 31.0 Å². The molecule has 0 amide bonds. The van der Waals surface area contributed by atoms with Crippen LogP contribution in [0.4, 0.5) is 13.2 Å². The maximum absolute atomic E-state index is 14.1. The van der Waals surface area contributed by atoms with E-state index >= 15 is 0 Å². The van der Waals surface area contributed by atoms with Crippen molar-refractivity contribution in [2.24, 2.45) is 0 Å². The maximum Gasteiger partial charge on any atom is 0.426 e. The van der Waals surface area contributed by atoms with Gasteiger partial charge >= 0.3 is 6.18 Å². The zero-order valence-corrected chi connectivity index (χ0v) is 13.8. The van der Waals surface area contributed by atoms with Crippen molar-refractivity contribution in [3.8, 4) is 5.88 Å². The molecule has 0 spiro atoms. The van der Waals surface area contributed by atoms with Gasteiger partial charge in [0.05, 0.1) is 18.2 Å². The first-order valence-electron chi connectivity index (χ1n) is 7.41. The number of aromatic nitrogens is 1. The van der Waals surface area contributed by atoms with E-state index in [9.17, 15) is 18.3 Å². The van der Waals surface area contributed by atoms with Gasteiger partial charge in [-0.2, -0.15) is 13.2 Å². The molecule has 2 heterocycles. The molecule has 1 atom stereocenters. The second kappa shape index (κ2) is 5.37. The molecule has 7 heteroatoms. The van der Waals surface area contributed by atoms with Crippen LogP contribution in [-0.2, 0) is 5.60 Å². The van der Waals surface area contributed by atoms with Crippen LogP contribution in [0.2, 0.25) is 0 Å². The molecule has 25 heavy (non-hydrogen) atoms. The molecular weight excluding hydrogens is 351 g/mol. The highest BCUT2D eigenvalue weighted by Crippen LogP contribution is 2.58. The molecule has 4 rings (SSSR count). The van der Waals surface area contributed by atoms with E-state index in [2.05, 4.69) is 4.98 Å². The number of nitrogens with zero attached hydrogens (tertiary/aromatic N) is 1. The number of rotatable bonds is 1. The van der Waals surface area contributed by atoms with E-state index < -0.39 is 11.8 Å². The number of methoxy groups -OCH3 is 1. The molecular formula is C18H12F3NO2S. The standard InChI is InChI=1S/C18H12F3NO2S/c1-24-16-14-15(10-6-2-4-8-12(10)22-16)25-13-9-5-3-7-11(13)17(14,23)18(19,20)21/h2-9,23H,1H3. The Morgan fingerprint density at radius 1 is 1.08 bits per heavy atom. The van der Waals surface area contributed by atoms with Crippen molar-refractivity contribution in [3.05, 3.63) is 59.7 Å². The summed E-state index contributed by atoms with van der Waals surface area (Å²) in [5, 5.41) is 11.5. The molecule has 0 radical (unpaired) electrons. The number of alkyl halides is 3. The summed E-state index contributed by atoms with van der Waals surface area (Å²) in [6.07, 6.45) is -4.93. The Kier molecular flexibility index (Phi) is 3.49. The van der Waals surface area contributed by atoms with E-state index in [1.54, 1.807) is 36.4 Å². The summed E-state index contributed by atoms with van der Waals surface area (Å²) in [4.78, 5) is 4.85. The molecule has 1 N–H and O–H groups in total. The predicted molar refractivity (Wildman–Crippen MR) is 87.9 cm³/mol. The highest BCUT2D eigenvalue weighted by molar-refractivity contribution is 7.99. The van der Waals surface area contributed by atoms with Gasteiger partial charge in [-0.25, -0.2) is 4.98 Å². The van der Waals surface area contributed by atoms with Crippen LogP contribution in [0, 0.1) is 0 Å². The van der Waals surface area contributed by atoms with Crippen molar-refractivity contribution < 1.29 is 23.0 Å². The lowest BCUT2D eigenvalue weighted by Gasteiger charge is -2.38. The van der Waals surface area contributed by atoms with E-state index in [0.29, 0.717) is 20.7 Å². The summed E-state index contributed by atoms with van der Waals surface area (Å²) >= 11 is 1.18. The molecule has 0 fully saturated rings. The molecule has 1 aliphatic heterocycles. The predicted octanol–water partition coefficient (Wildman–Crippen LogP) is 4.51. The first kappa shape index (κ1) is 16.2. The largest absolute Gasteiger partial charge is 0.481 e. The zero-order valence-electron chi connectivity index (χ0n) is 13.0. The number of hydrogen-bond acceptors (Lipinski definition) is 4. The van der Waals surface area contributed by atoms with E-state index in [-0.39, 0.29) is 17.0 Å². The number of fused-ring (bicyclic) bond motifs is 4. The molecule has 3 nitrogen and oxygen atoms in total. The van der Waals surface area contributed by atoms with Crippen LogP contribution >= 0.6 is 11.8 Å². The van der Waals surface area contributed by atoms with Gasteiger partial charge in [0.2, 0.25) is 11.5 Å². The van der Waals surface area contributed by atoms with Gasteiger partial charge in [0.15, 0.2) is 0 Å². The minimum absolute atomic E-state index is 0.213. The Bertz CT molecular complexity index is 990. The van der Waals surface area contributed by atoms with Gasteiger partial charge in [0, 0.05) is 20.7 Å². The molecule has 0 bridgehead atoms. The van der Waals surface area contributed by atoms with Gasteiger partial charge < -0.3 is 9.84 Å². The van der Waals surface area contributed by atoms with Crippen LogP contribution in [0.25, 0.3) is 10.9 Å². The number of pyridine rings is 1. The van der Waals surface area contributed by atoms with Gasteiger partial charge in [-0.1, -0.05) is 48.2 Å².